The normalized spacial score (nSPS) is 25.3. The number of hydrogen-bond acceptors (Lipinski definition) is 3. The summed E-state index contributed by atoms with van der Waals surface area (Å²) in [6.07, 6.45) is 3.03. The summed E-state index contributed by atoms with van der Waals surface area (Å²) in [5.41, 5.74) is 0.415. The zero-order valence-corrected chi connectivity index (χ0v) is 10.3. The molecule has 1 aromatic heterocycles. The van der Waals surface area contributed by atoms with Crippen molar-refractivity contribution in [2.75, 3.05) is 11.5 Å². The van der Waals surface area contributed by atoms with E-state index >= 15 is 0 Å². The van der Waals surface area contributed by atoms with E-state index in [1.54, 1.807) is 6.26 Å². The lowest BCUT2D eigenvalue weighted by atomic mass is 9.82. The predicted octanol–water partition coefficient (Wildman–Crippen LogP) is 2.90. The number of furan rings is 1. The molecular formula is C12H19NOS. The Kier molecular flexibility index (Phi) is 3.42. The van der Waals surface area contributed by atoms with Crippen molar-refractivity contribution in [3.05, 3.63) is 24.2 Å². The minimum absolute atomic E-state index is 0.415. The molecule has 0 radical (unpaired) electrons. The maximum Gasteiger partial charge on any atom is 0.117 e. The van der Waals surface area contributed by atoms with Crippen molar-refractivity contribution in [3.8, 4) is 0 Å². The molecule has 1 aromatic rings. The molecule has 1 N–H and O–H groups in total. The van der Waals surface area contributed by atoms with Crippen LogP contribution >= 0.6 is 11.8 Å². The molecule has 0 aliphatic carbocycles. The maximum absolute atomic E-state index is 5.32. The highest BCUT2D eigenvalue weighted by molar-refractivity contribution is 7.99. The molecule has 2 nitrogen and oxygen atoms in total. The van der Waals surface area contributed by atoms with Gasteiger partial charge in [-0.1, -0.05) is 13.8 Å². The van der Waals surface area contributed by atoms with Gasteiger partial charge in [0.1, 0.15) is 5.76 Å². The average Bonchev–Trinajstić information content (AvgIpc) is 2.68. The first-order valence-corrected chi connectivity index (χ1v) is 6.67. The molecule has 1 fully saturated rings. The second kappa shape index (κ2) is 4.62. The monoisotopic (exact) mass is 225 g/mol. The van der Waals surface area contributed by atoms with Crippen LogP contribution in [-0.4, -0.2) is 17.5 Å². The van der Waals surface area contributed by atoms with E-state index in [4.69, 9.17) is 4.42 Å². The van der Waals surface area contributed by atoms with Crippen molar-refractivity contribution < 1.29 is 4.42 Å². The van der Waals surface area contributed by atoms with Crippen LogP contribution in [0, 0.1) is 5.41 Å². The highest BCUT2D eigenvalue weighted by Gasteiger charge is 2.32. The molecule has 0 bridgehead atoms. The quantitative estimate of drug-likeness (QED) is 0.856. The Morgan fingerprint density at radius 3 is 3.13 bits per heavy atom. The van der Waals surface area contributed by atoms with Crippen molar-refractivity contribution >= 4 is 11.8 Å². The van der Waals surface area contributed by atoms with Crippen LogP contribution in [0.5, 0.6) is 0 Å². The number of nitrogens with one attached hydrogen (secondary N) is 1. The van der Waals surface area contributed by atoms with Crippen LogP contribution in [0.15, 0.2) is 22.8 Å². The highest BCUT2D eigenvalue weighted by atomic mass is 32.2. The first-order valence-electron chi connectivity index (χ1n) is 5.52. The number of thioether (sulfide) groups is 1. The van der Waals surface area contributed by atoms with Gasteiger partial charge in [-0.3, -0.25) is 0 Å². The van der Waals surface area contributed by atoms with Crippen molar-refractivity contribution in [1.29, 1.82) is 0 Å². The fourth-order valence-electron chi connectivity index (χ4n) is 1.91. The molecule has 3 heteroatoms. The van der Waals surface area contributed by atoms with Gasteiger partial charge in [0, 0.05) is 11.8 Å². The van der Waals surface area contributed by atoms with E-state index in [-0.39, 0.29) is 0 Å². The fraction of sp³-hybridized carbons (Fsp3) is 0.667. The van der Waals surface area contributed by atoms with Crippen LogP contribution < -0.4 is 5.32 Å². The third kappa shape index (κ3) is 2.79. The minimum atomic E-state index is 0.415. The van der Waals surface area contributed by atoms with E-state index in [1.807, 2.05) is 23.9 Å². The van der Waals surface area contributed by atoms with Gasteiger partial charge in [0.2, 0.25) is 0 Å². The Labute approximate surface area is 95.8 Å². The van der Waals surface area contributed by atoms with E-state index < -0.39 is 0 Å². The third-order valence-electron chi connectivity index (χ3n) is 3.22. The SMILES string of the molecule is CC1(C)CCSCC1NCc1ccco1. The van der Waals surface area contributed by atoms with Crippen LogP contribution in [0.4, 0.5) is 0 Å². The molecule has 1 saturated heterocycles. The minimum Gasteiger partial charge on any atom is -0.468 e. The lowest BCUT2D eigenvalue weighted by Gasteiger charge is -2.38. The van der Waals surface area contributed by atoms with Crippen LogP contribution in [0.1, 0.15) is 26.0 Å². The van der Waals surface area contributed by atoms with E-state index in [9.17, 15) is 0 Å². The molecular weight excluding hydrogens is 206 g/mol. The lowest BCUT2D eigenvalue weighted by molar-refractivity contribution is 0.240. The van der Waals surface area contributed by atoms with Crippen molar-refractivity contribution in [1.82, 2.24) is 5.32 Å². The third-order valence-corrected chi connectivity index (χ3v) is 4.28. The summed E-state index contributed by atoms with van der Waals surface area (Å²) in [5.74, 6) is 3.54. The molecule has 2 heterocycles. The average molecular weight is 225 g/mol. The van der Waals surface area contributed by atoms with Gasteiger partial charge in [0.25, 0.3) is 0 Å². The Balaban J connectivity index is 1.88. The van der Waals surface area contributed by atoms with Crippen molar-refractivity contribution in [2.24, 2.45) is 5.41 Å². The van der Waals surface area contributed by atoms with Crippen molar-refractivity contribution in [2.45, 2.75) is 32.9 Å². The second-order valence-corrected chi connectivity index (χ2v) is 5.98. The van der Waals surface area contributed by atoms with Crippen molar-refractivity contribution in [3.63, 3.8) is 0 Å². The van der Waals surface area contributed by atoms with Gasteiger partial charge in [0.15, 0.2) is 0 Å². The first kappa shape index (κ1) is 11.1. The van der Waals surface area contributed by atoms with Gasteiger partial charge < -0.3 is 9.73 Å². The Bertz CT molecular complexity index is 295. The highest BCUT2D eigenvalue weighted by Crippen LogP contribution is 2.34. The maximum atomic E-state index is 5.32. The summed E-state index contributed by atoms with van der Waals surface area (Å²) in [5, 5.41) is 3.60. The van der Waals surface area contributed by atoms with Gasteiger partial charge in [0.05, 0.1) is 12.8 Å². The van der Waals surface area contributed by atoms with E-state index in [0.29, 0.717) is 11.5 Å². The zero-order valence-electron chi connectivity index (χ0n) is 9.45. The van der Waals surface area contributed by atoms with Gasteiger partial charge in [-0.2, -0.15) is 11.8 Å². The zero-order chi connectivity index (χ0) is 10.7. The molecule has 1 aliphatic heterocycles. The largest absolute Gasteiger partial charge is 0.468 e. The molecule has 0 aromatic carbocycles. The molecule has 2 rings (SSSR count). The summed E-state index contributed by atoms with van der Waals surface area (Å²) in [6.45, 7) is 5.56. The summed E-state index contributed by atoms with van der Waals surface area (Å²) >= 11 is 2.05. The molecule has 84 valence electrons. The van der Waals surface area contributed by atoms with Gasteiger partial charge in [-0.05, 0) is 29.7 Å². The Morgan fingerprint density at radius 1 is 1.60 bits per heavy atom. The van der Waals surface area contributed by atoms with Crippen LogP contribution in [0.2, 0.25) is 0 Å². The van der Waals surface area contributed by atoms with E-state index in [2.05, 4.69) is 19.2 Å². The summed E-state index contributed by atoms with van der Waals surface area (Å²) < 4.78 is 5.32. The topological polar surface area (TPSA) is 25.2 Å². The second-order valence-electron chi connectivity index (χ2n) is 4.83. The Morgan fingerprint density at radius 2 is 2.47 bits per heavy atom. The molecule has 0 amide bonds. The summed E-state index contributed by atoms with van der Waals surface area (Å²) in [6, 6.07) is 4.56. The molecule has 15 heavy (non-hydrogen) atoms. The lowest BCUT2D eigenvalue weighted by Crippen LogP contribution is -2.46. The Hall–Kier alpha value is -0.410. The van der Waals surface area contributed by atoms with Crippen LogP contribution in [0.3, 0.4) is 0 Å². The van der Waals surface area contributed by atoms with Crippen LogP contribution in [0.25, 0.3) is 0 Å². The van der Waals surface area contributed by atoms with E-state index in [0.717, 1.165) is 12.3 Å². The standard InChI is InChI=1S/C12H19NOS/c1-12(2)5-7-15-9-11(12)13-8-10-4-3-6-14-10/h3-4,6,11,13H,5,7-9H2,1-2H3. The molecule has 1 atom stereocenters. The van der Waals surface area contributed by atoms with E-state index in [1.165, 1.54) is 17.9 Å². The number of rotatable bonds is 3. The molecule has 0 spiro atoms. The predicted molar refractivity (Wildman–Crippen MR) is 65.1 cm³/mol. The molecule has 1 unspecified atom stereocenters. The van der Waals surface area contributed by atoms with Gasteiger partial charge >= 0.3 is 0 Å². The molecule has 1 aliphatic rings. The van der Waals surface area contributed by atoms with Gasteiger partial charge in [-0.25, -0.2) is 0 Å². The summed E-state index contributed by atoms with van der Waals surface area (Å²) in [7, 11) is 0. The summed E-state index contributed by atoms with van der Waals surface area (Å²) in [4.78, 5) is 0. The van der Waals surface area contributed by atoms with Gasteiger partial charge in [-0.15, -0.1) is 0 Å². The fourth-order valence-corrected chi connectivity index (χ4v) is 3.55. The molecule has 0 saturated carbocycles. The first-order chi connectivity index (χ1) is 7.18. The van der Waals surface area contributed by atoms with Crippen LogP contribution in [-0.2, 0) is 6.54 Å². The smallest absolute Gasteiger partial charge is 0.117 e. The number of hydrogen-bond donors (Lipinski definition) is 1.